The van der Waals surface area contributed by atoms with Crippen LogP contribution in [0.4, 0.5) is 0 Å². The fraction of sp³-hybridized carbons (Fsp3) is 0.320. The van der Waals surface area contributed by atoms with Crippen LogP contribution >= 0.6 is 11.8 Å². The van der Waals surface area contributed by atoms with Crippen LogP contribution in [-0.4, -0.2) is 73.5 Å². The Morgan fingerprint density at radius 3 is 2.37 bits per heavy atom. The Balaban J connectivity index is 1.45. The average Bonchev–Trinajstić information content (AvgIpc) is 3.13. The molecule has 0 radical (unpaired) electrons. The van der Waals surface area contributed by atoms with Crippen molar-refractivity contribution in [2.45, 2.75) is 42.1 Å². The van der Waals surface area contributed by atoms with Gasteiger partial charge in [0.2, 0.25) is 11.8 Å². The van der Waals surface area contributed by atoms with Gasteiger partial charge < -0.3 is 36.2 Å². The first kappa shape index (κ1) is 26.8. The minimum absolute atomic E-state index is 0.0364. The molecular formula is C25H27N5O7S. The number of nitrogen functional groups attached to an aromatic ring is 1. The standard InChI is InChI=1S/C25H27N5O7S/c1-25(2)19(24(35)36)30-22(34)18(23(30)38-25)29-21(33)17(12-3-7-14(31)8-4-12)28-16(32)11-37-15-9-5-13(6-10-15)20(26)27/h3-10,17-19,23,31H,11H2,1-2H3,(H3,26,27)(H,28,32)(H,29,33)(H,35,36)/t17?,18-,19+,23-/m1/s1. The minimum atomic E-state index is -1.22. The molecule has 0 spiro atoms. The largest absolute Gasteiger partial charge is 0.508 e. The third kappa shape index (κ3) is 5.23. The fourth-order valence-electron chi connectivity index (χ4n) is 4.43. The number of carbonyl (C=O) groups excluding carboxylic acids is 3. The highest BCUT2D eigenvalue weighted by Crippen LogP contribution is 2.50. The third-order valence-electron chi connectivity index (χ3n) is 6.30. The topological polar surface area (TPSA) is 195 Å². The van der Waals surface area contributed by atoms with Crippen LogP contribution in [0.5, 0.6) is 11.5 Å². The summed E-state index contributed by atoms with van der Waals surface area (Å²) in [7, 11) is 0. The van der Waals surface area contributed by atoms with Crippen LogP contribution in [0.3, 0.4) is 0 Å². The summed E-state index contributed by atoms with van der Waals surface area (Å²) in [6, 6.07) is 8.68. The lowest BCUT2D eigenvalue weighted by Crippen LogP contribution is -2.71. The van der Waals surface area contributed by atoms with Gasteiger partial charge in [0.05, 0.1) is 0 Å². The molecule has 1 unspecified atom stereocenters. The molecule has 2 aromatic carbocycles. The third-order valence-corrected chi connectivity index (χ3v) is 7.87. The second-order valence-corrected chi connectivity index (χ2v) is 11.2. The van der Waals surface area contributed by atoms with Crippen molar-refractivity contribution < 1.29 is 34.1 Å². The smallest absolute Gasteiger partial charge is 0.327 e. The number of phenolic OH excluding ortho intramolecular Hbond substituents is 1. The number of thioether (sulfide) groups is 1. The number of nitrogens with two attached hydrogens (primary N) is 1. The molecule has 0 bridgehead atoms. The van der Waals surface area contributed by atoms with Gasteiger partial charge in [0, 0.05) is 10.3 Å². The van der Waals surface area contributed by atoms with Crippen molar-refractivity contribution in [1.29, 1.82) is 5.41 Å². The van der Waals surface area contributed by atoms with Gasteiger partial charge in [-0.3, -0.25) is 19.8 Å². The van der Waals surface area contributed by atoms with Gasteiger partial charge in [0.25, 0.3) is 5.91 Å². The van der Waals surface area contributed by atoms with E-state index in [9.17, 15) is 29.4 Å². The number of nitrogens with zero attached hydrogens (tertiary/aromatic N) is 1. The number of aromatic hydroxyl groups is 1. The summed E-state index contributed by atoms with van der Waals surface area (Å²) in [5, 5.41) is 31.3. The molecule has 4 rings (SSSR count). The van der Waals surface area contributed by atoms with Crippen LogP contribution < -0.4 is 21.1 Å². The Morgan fingerprint density at radius 2 is 1.79 bits per heavy atom. The fourth-order valence-corrected chi connectivity index (χ4v) is 6.06. The van der Waals surface area contributed by atoms with E-state index in [1.807, 2.05) is 0 Å². The highest BCUT2D eigenvalue weighted by molar-refractivity contribution is 8.01. The van der Waals surface area contributed by atoms with Gasteiger partial charge in [0.1, 0.15) is 40.8 Å². The van der Waals surface area contributed by atoms with Gasteiger partial charge in [-0.25, -0.2) is 4.79 Å². The molecule has 7 N–H and O–H groups in total. The van der Waals surface area contributed by atoms with E-state index in [0.29, 0.717) is 16.9 Å². The molecule has 13 heteroatoms. The zero-order chi connectivity index (χ0) is 27.8. The normalized spacial score (nSPS) is 22.0. The summed E-state index contributed by atoms with van der Waals surface area (Å²) in [4.78, 5) is 51.8. The first-order valence-electron chi connectivity index (χ1n) is 11.6. The van der Waals surface area contributed by atoms with Crippen molar-refractivity contribution >= 4 is 41.3 Å². The summed E-state index contributed by atoms with van der Waals surface area (Å²) < 4.78 is 4.71. The second kappa shape index (κ2) is 10.2. The summed E-state index contributed by atoms with van der Waals surface area (Å²) >= 11 is 1.29. The van der Waals surface area contributed by atoms with Crippen LogP contribution in [0.25, 0.3) is 0 Å². The van der Waals surface area contributed by atoms with E-state index in [0.717, 1.165) is 0 Å². The number of ether oxygens (including phenoxy) is 1. The lowest BCUT2D eigenvalue weighted by Gasteiger charge is -2.44. The molecule has 2 aliphatic heterocycles. The van der Waals surface area contributed by atoms with Crippen LogP contribution in [0.2, 0.25) is 0 Å². The summed E-state index contributed by atoms with van der Waals surface area (Å²) in [5.41, 5.74) is 6.27. The molecule has 38 heavy (non-hydrogen) atoms. The molecule has 2 saturated heterocycles. The number of phenols is 1. The number of nitrogens with one attached hydrogen (secondary N) is 3. The molecule has 12 nitrogen and oxygen atoms in total. The van der Waals surface area contributed by atoms with Crippen LogP contribution in [0, 0.1) is 5.41 Å². The molecule has 0 saturated carbocycles. The summed E-state index contributed by atoms with van der Waals surface area (Å²) in [6.45, 7) is 3.03. The predicted octanol–water partition coefficient (Wildman–Crippen LogP) is 0.544. The van der Waals surface area contributed by atoms with Crippen LogP contribution in [-0.2, 0) is 19.2 Å². The van der Waals surface area contributed by atoms with E-state index in [2.05, 4.69) is 10.6 Å². The number of hydrogen-bond acceptors (Lipinski definition) is 8. The number of aliphatic carboxylic acids is 1. The number of β-lactam (4-membered cyclic amide) rings is 1. The maximum atomic E-state index is 13.3. The first-order valence-corrected chi connectivity index (χ1v) is 12.5. The number of benzene rings is 2. The molecule has 2 fully saturated rings. The van der Waals surface area contributed by atoms with Crippen molar-refractivity contribution in [1.82, 2.24) is 15.5 Å². The maximum Gasteiger partial charge on any atom is 0.327 e. The first-order chi connectivity index (χ1) is 17.9. The SMILES string of the molecule is CC1(C)S[C@@H]2[C@H](NC(=O)C(NC(=O)COc3ccc(C(=N)N)cc3)c3ccc(O)cc3)C(=O)N2[C@H]1C(=O)O. The predicted molar refractivity (Wildman–Crippen MR) is 138 cm³/mol. The highest BCUT2D eigenvalue weighted by atomic mass is 32.2. The van der Waals surface area contributed by atoms with E-state index >= 15 is 0 Å². The Hall–Kier alpha value is -4.26. The number of amides is 3. The van der Waals surface area contributed by atoms with Gasteiger partial charge in [0.15, 0.2) is 6.61 Å². The number of carboxylic acids is 1. The molecule has 2 heterocycles. The molecule has 2 aromatic rings. The number of carboxylic acid groups (broad SMARTS) is 1. The number of rotatable bonds is 9. The zero-order valence-electron chi connectivity index (χ0n) is 20.5. The number of amidine groups is 1. The minimum Gasteiger partial charge on any atom is -0.508 e. The van der Waals surface area contributed by atoms with E-state index in [1.54, 1.807) is 38.1 Å². The van der Waals surface area contributed by atoms with Crippen molar-refractivity contribution in [3.8, 4) is 11.5 Å². The molecule has 0 aromatic heterocycles. The summed E-state index contributed by atoms with van der Waals surface area (Å²) in [6.07, 6.45) is 0. The van der Waals surface area contributed by atoms with E-state index in [-0.39, 0.29) is 11.6 Å². The lowest BCUT2D eigenvalue weighted by atomic mass is 9.95. The maximum absolute atomic E-state index is 13.3. The van der Waals surface area contributed by atoms with Crippen molar-refractivity contribution in [3.05, 3.63) is 59.7 Å². The average molecular weight is 542 g/mol. The van der Waals surface area contributed by atoms with E-state index in [1.165, 1.54) is 40.9 Å². The van der Waals surface area contributed by atoms with Gasteiger partial charge in [-0.1, -0.05) is 12.1 Å². The Kier molecular flexibility index (Phi) is 7.22. The molecule has 3 amide bonds. The molecular weight excluding hydrogens is 514 g/mol. The lowest BCUT2D eigenvalue weighted by molar-refractivity contribution is -0.161. The molecule has 0 aliphatic carbocycles. The molecule has 200 valence electrons. The Morgan fingerprint density at radius 1 is 1.16 bits per heavy atom. The number of hydrogen-bond donors (Lipinski definition) is 6. The Labute approximate surface area is 222 Å². The number of fused-ring (bicyclic) bond motifs is 1. The van der Waals surface area contributed by atoms with E-state index in [4.69, 9.17) is 15.9 Å². The van der Waals surface area contributed by atoms with Crippen molar-refractivity contribution in [2.24, 2.45) is 5.73 Å². The quantitative estimate of drug-likeness (QED) is 0.149. The van der Waals surface area contributed by atoms with Crippen LogP contribution in [0.1, 0.15) is 31.0 Å². The van der Waals surface area contributed by atoms with Gasteiger partial charge >= 0.3 is 5.97 Å². The van der Waals surface area contributed by atoms with Crippen molar-refractivity contribution in [2.75, 3.05) is 6.61 Å². The van der Waals surface area contributed by atoms with Crippen LogP contribution in [0.15, 0.2) is 48.5 Å². The Bertz CT molecular complexity index is 1280. The zero-order valence-corrected chi connectivity index (χ0v) is 21.3. The second-order valence-electron chi connectivity index (χ2n) is 9.40. The van der Waals surface area contributed by atoms with Crippen molar-refractivity contribution in [3.63, 3.8) is 0 Å². The van der Waals surface area contributed by atoms with E-state index < -0.39 is 58.5 Å². The monoisotopic (exact) mass is 541 g/mol. The summed E-state index contributed by atoms with van der Waals surface area (Å²) in [5.74, 6) is -2.73. The van der Waals surface area contributed by atoms with Gasteiger partial charge in [-0.05, 0) is 55.8 Å². The molecule has 4 atom stereocenters. The van der Waals surface area contributed by atoms with Gasteiger partial charge in [-0.2, -0.15) is 0 Å². The molecule has 2 aliphatic rings. The van der Waals surface area contributed by atoms with Gasteiger partial charge in [-0.15, -0.1) is 11.8 Å². The highest BCUT2D eigenvalue weighted by Gasteiger charge is 2.64. The number of carbonyl (C=O) groups is 4.